The predicted molar refractivity (Wildman–Crippen MR) is 108 cm³/mol. The molecule has 0 radical (unpaired) electrons. The highest BCUT2D eigenvalue weighted by Gasteiger charge is 2.23. The van der Waals surface area contributed by atoms with Crippen molar-refractivity contribution in [2.75, 3.05) is 19.5 Å². The molecule has 152 valence electrons. The number of hydrogen-bond donors (Lipinski definition) is 1. The average Bonchev–Trinajstić information content (AvgIpc) is 3.26. The fourth-order valence-electron chi connectivity index (χ4n) is 3.01. The van der Waals surface area contributed by atoms with E-state index in [4.69, 9.17) is 9.47 Å². The summed E-state index contributed by atoms with van der Waals surface area (Å²) in [6.07, 6.45) is 0.330. The first kappa shape index (κ1) is 20.3. The highest BCUT2D eigenvalue weighted by molar-refractivity contribution is 5.95. The molecule has 0 fully saturated rings. The Morgan fingerprint density at radius 3 is 2.45 bits per heavy atom. The molecule has 1 amide bonds. The van der Waals surface area contributed by atoms with Gasteiger partial charge in [0, 0.05) is 17.6 Å². The summed E-state index contributed by atoms with van der Waals surface area (Å²) in [7, 11) is 3.16. The molecule has 1 atom stereocenters. The van der Waals surface area contributed by atoms with Gasteiger partial charge in [-0.15, -0.1) is 0 Å². The Labute approximate surface area is 169 Å². The van der Waals surface area contributed by atoms with Crippen molar-refractivity contribution < 1.29 is 14.3 Å². The topological polar surface area (TPSA) is 100 Å². The highest BCUT2D eigenvalue weighted by Crippen LogP contribution is 2.29. The first-order valence-electron chi connectivity index (χ1n) is 9.32. The van der Waals surface area contributed by atoms with E-state index in [1.165, 1.54) is 5.56 Å². The van der Waals surface area contributed by atoms with Crippen LogP contribution in [-0.4, -0.2) is 35.7 Å². The van der Waals surface area contributed by atoms with E-state index in [0.717, 1.165) is 5.56 Å². The van der Waals surface area contributed by atoms with Crippen LogP contribution in [0.1, 0.15) is 42.6 Å². The van der Waals surface area contributed by atoms with Crippen LogP contribution in [0.4, 0.5) is 5.69 Å². The van der Waals surface area contributed by atoms with Gasteiger partial charge in [0.2, 0.25) is 5.91 Å². The van der Waals surface area contributed by atoms with Crippen LogP contribution >= 0.6 is 0 Å². The van der Waals surface area contributed by atoms with Gasteiger partial charge in [-0.1, -0.05) is 32.0 Å². The highest BCUT2D eigenvalue weighted by atomic mass is 16.5. The minimum absolute atomic E-state index is 0.241. The summed E-state index contributed by atoms with van der Waals surface area (Å²) in [5.74, 6) is 1.07. The molecule has 0 aliphatic heterocycles. The summed E-state index contributed by atoms with van der Waals surface area (Å²) < 4.78 is 10.7. The van der Waals surface area contributed by atoms with Crippen molar-refractivity contribution in [1.82, 2.24) is 20.6 Å². The Hall–Kier alpha value is -3.42. The van der Waals surface area contributed by atoms with Crippen molar-refractivity contribution in [2.45, 2.75) is 32.1 Å². The molecule has 1 aromatic heterocycles. The molecule has 0 unspecified atom stereocenters. The maximum Gasteiger partial charge on any atom is 0.232 e. The van der Waals surface area contributed by atoms with Gasteiger partial charge in [-0.25, -0.2) is 0 Å². The molecular weight excluding hydrogens is 370 g/mol. The van der Waals surface area contributed by atoms with Crippen molar-refractivity contribution in [3.05, 3.63) is 59.4 Å². The van der Waals surface area contributed by atoms with Gasteiger partial charge in [0.1, 0.15) is 11.5 Å². The second-order valence-electron chi connectivity index (χ2n) is 6.94. The lowest BCUT2D eigenvalue weighted by molar-refractivity contribution is -0.117. The van der Waals surface area contributed by atoms with Crippen molar-refractivity contribution in [3.63, 3.8) is 0 Å². The zero-order chi connectivity index (χ0) is 20.8. The van der Waals surface area contributed by atoms with Crippen LogP contribution in [0.5, 0.6) is 11.5 Å². The van der Waals surface area contributed by atoms with Gasteiger partial charge in [-0.05, 0) is 41.7 Å². The number of benzene rings is 2. The van der Waals surface area contributed by atoms with Crippen LogP contribution in [0.3, 0.4) is 0 Å². The smallest absolute Gasteiger partial charge is 0.232 e. The molecule has 3 rings (SSSR count). The molecule has 1 N–H and O–H groups in total. The van der Waals surface area contributed by atoms with Gasteiger partial charge in [-0.3, -0.25) is 15.1 Å². The summed E-state index contributed by atoms with van der Waals surface area (Å²) in [4.78, 5) is 13.0. The van der Waals surface area contributed by atoms with Crippen molar-refractivity contribution >= 4 is 11.6 Å². The standard InChI is InChI=1S/C21H25N5O3/c1-13(2)14-5-8-16(9-6-14)22-21(27)18(20-23-25-26-24-20)11-15-7-10-17(28-3)12-19(15)29-4/h5-10,12-13,18H,11H2,1-4H3,(H2,22,23,24,25,26,27)/p-1/t18-/m1/s1. The second-order valence-corrected chi connectivity index (χ2v) is 6.94. The molecule has 8 heteroatoms. The number of carbonyl (C=O) groups excluding carboxylic acids is 1. The fraction of sp³-hybridized carbons (Fsp3) is 0.333. The minimum atomic E-state index is -0.669. The monoisotopic (exact) mass is 394 g/mol. The van der Waals surface area contributed by atoms with Crippen LogP contribution in [0, 0.1) is 0 Å². The lowest BCUT2D eigenvalue weighted by Gasteiger charge is -2.19. The third-order valence-electron chi connectivity index (χ3n) is 4.73. The van der Waals surface area contributed by atoms with E-state index in [-0.39, 0.29) is 11.7 Å². The normalized spacial score (nSPS) is 11.9. The third kappa shape index (κ3) is 4.90. The number of nitrogens with one attached hydrogen (secondary N) is 1. The van der Waals surface area contributed by atoms with Crippen molar-refractivity contribution in [3.8, 4) is 11.5 Å². The van der Waals surface area contributed by atoms with E-state index in [1.54, 1.807) is 20.3 Å². The number of methoxy groups -OCH3 is 2. The summed E-state index contributed by atoms with van der Waals surface area (Å²) in [6.45, 7) is 4.25. The predicted octanol–water partition coefficient (Wildman–Crippen LogP) is 2.93. The van der Waals surface area contributed by atoms with Gasteiger partial charge in [0.25, 0.3) is 0 Å². The second kappa shape index (κ2) is 9.18. The molecule has 0 bridgehead atoms. The van der Waals surface area contributed by atoms with Crippen LogP contribution in [0.25, 0.3) is 0 Å². The summed E-state index contributed by atoms with van der Waals surface area (Å²) >= 11 is 0. The van der Waals surface area contributed by atoms with Gasteiger partial charge in [0.05, 0.1) is 20.1 Å². The number of aromatic nitrogens is 4. The van der Waals surface area contributed by atoms with Crippen LogP contribution in [0.15, 0.2) is 42.5 Å². The quantitative estimate of drug-likeness (QED) is 0.627. The zero-order valence-corrected chi connectivity index (χ0v) is 16.9. The Bertz CT molecular complexity index is 939. The van der Waals surface area contributed by atoms with E-state index >= 15 is 0 Å². The molecule has 29 heavy (non-hydrogen) atoms. The maximum atomic E-state index is 13.0. The zero-order valence-electron chi connectivity index (χ0n) is 16.9. The first-order valence-corrected chi connectivity index (χ1v) is 9.32. The Morgan fingerprint density at radius 1 is 1.10 bits per heavy atom. The molecule has 1 heterocycles. The van der Waals surface area contributed by atoms with Crippen LogP contribution in [0.2, 0.25) is 0 Å². The maximum absolute atomic E-state index is 13.0. The van der Waals surface area contributed by atoms with E-state index in [0.29, 0.717) is 29.5 Å². The average molecular weight is 394 g/mol. The van der Waals surface area contributed by atoms with Crippen molar-refractivity contribution in [1.29, 1.82) is 0 Å². The molecule has 0 saturated carbocycles. The SMILES string of the molecule is COc1ccc(C[C@@H](C(=O)Nc2ccc(C(C)C)cc2)c2nnn[n-]2)c(OC)c1. The number of rotatable bonds is 8. The molecule has 8 nitrogen and oxygen atoms in total. The summed E-state index contributed by atoms with van der Waals surface area (Å²) in [5.41, 5.74) is 2.74. The number of hydrogen-bond acceptors (Lipinski definition) is 6. The minimum Gasteiger partial charge on any atom is -0.497 e. The Kier molecular flexibility index (Phi) is 6.43. The first-order chi connectivity index (χ1) is 14.0. The number of carbonyl (C=O) groups is 1. The lowest BCUT2D eigenvalue weighted by Crippen LogP contribution is -2.24. The third-order valence-corrected chi connectivity index (χ3v) is 4.73. The van der Waals surface area contributed by atoms with E-state index in [1.807, 2.05) is 36.4 Å². The molecule has 3 aromatic rings. The molecule has 0 aliphatic rings. The van der Waals surface area contributed by atoms with Gasteiger partial charge in [0.15, 0.2) is 0 Å². The Morgan fingerprint density at radius 2 is 1.86 bits per heavy atom. The molecule has 0 saturated heterocycles. The molecule has 2 aromatic carbocycles. The Balaban J connectivity index is 1.83. The van der Waals surface area contributed by atoms with E-state index in [2.05, 4.69) is 39.8 Å². The van der Waals surface area contributed by atoms with E-state index < -0.39 is 5.92 Å². The fourth-order valence-corrected chi connectivity index (χ4v) is 3.01. The largest absolute Gasteiger partial charge is 0.497 e. The molecule has 0 aliphatic carbocycles. The van der Waals surface area contributed by atoms with Gasteiger partial charge in [-0.2, -0.15) is 5.21 Å². The number of tetrazole rings is 1. The van der Waals surface area contributed by atoms with E-state index in [9.17, 15) is 4.79 Å². The molecular formula is C21H24N5O3-. The number of nitrogens with zero attached hydrogens (tertiary/aromatic N) is 4. The number of ether oxygens (including phenoxy) is 2. The lowest BCUT2D eigenvalue weighted by atomic mass is 9.96. The van der Waals surface area contributed by atoms with Crippen molar-refractivity contribution in [2.24, 2.45) is 0 Å². The van der Waals surface area contributed by atoms with Gasteiger partial charge >= 0.3 is 0 Å². The molecule has 0 spiro atoms. The van der Waals surface area contributed by atoms with Crippen LogP contribution < -0.4 is 19.9 Å². The number of anilines is 1. The summed E-state index contributed by atoms with van der Waals surface area (Å²) in [5, 5.41) is 17.8. The number of amides is 1. The van der Waals surface area contributed by atoms with Crippen LogP contribution in [-0.2, 0) is 11.2 Å². The van der Waals surface area contributed by atoms with Gasteiger partial charge < -0.3 is 19.9 Å². The summed E-state index contributed by atoms with van der Waals surface area (Å²) in [6, 6.07) is 13.2.